The molecule has 1 saturated heterocycles. The highest BCUT2D eigenvalue weighted by atomic mass is 35.5. The first-order chi connectivity index (χ1) is 14.1. The van der Waals surface area contributed by atoms with Crippen molar-refractivity contribution in [2.24, 2.45) is 0 Å². The van der Waals surface area contributed by atoms with E-state index in [4.69, 9.17) is 21.1 Å². The van der Waals surface area contributed by atoms with Crippen molar-refractivity contribution in [3.63, 3.8) is 0 Å². The second-order valence-corrected chi connectivity index (χ2v) is 8.17. The Morgan fingerprint density at radius 1 is 1.24 bits per heavy atom. The number of carbonyl (C=O) groups excluding carboxylic acids is 1. The molecule has 0 saturated carbocycles. The van der Waals surface area contributed by atoms with E-state index in [-0.39, 0.29) is 18.4 Å². The molecule has 0 radical (unpaired) electrons. The summed E-state index contributed by atoms with van der Waals surface area (Å²) in [5.41, 5.74) is 3.03. The lowest BCUT2D eigenvalue weighted by atomic mass is 10.0. The van der Waals surface area contributed by atoms with Crippen molar-refractivity contribution in [2.75, 3.05) is 33.4 Å². The van der Waals surface area contributed by atoms with E-state index < -0.39 is 0 Å². The lowest BCUT2D eigenvalue weighted by Crippen LogP contribution is -2.37. The molecular weight excluding hydrogens is 388 g/mol. The third-order valence-corrected chi connectivity index (χ3v) is 5.89. The molecule has 6 heteroatoms. The van der Waals surface area contributed by atoms with Gasteiger partial charge in [0.15, 0.2) is 0 Å². The summed E-state index contributed by atoms with van der Waals surface area (Å²) >= 11 is 6.25. The van der Waals surface area contributed by atoms with Crippen LogP contribution in [0.1, 0.15) is 35.6 Å². The highest BCUT2D eigenvalue weighted by Gasteiger charge is 2.23. The van der Waals surface area contributed by atoms with Crippen molar-refractivity contribution in [2.45, 2.75) is 31.7 Å². The Balaban J connectivity index is 1.49. The number of benzene rings is 2. The molecule has 2 heterocycles. The number of nitrogens with zero attached hydrogens (tertiary/aromatic N) is 1. The number of ether oxygens (including phenoxy) is 2. The summed E-state index contributed by atoms with van der Waals surface area (Å²) in [6.45, 7) is 3.62. The third kappa shape index (κ3) is 4.85. The monoisotopic (exact) mass is 414 g/mol. The Bertz CT molecular complexity index is 863. The van der Waals surface area contributed by atoms with Crippen molar-refractivity contribution in [3.05, 3.63) is 58.1 Å². The third-order valence-electron chi connectivity index (χ3n) is 5.67. The van der Waals surface area contributed by atoms with Crippen molar-refractivity contribution in [1.29, 1.82) is 0 Å². The van der Waals surface area contributed by atoms with Crippen LogP contribution in [0.3, 0.4) is 0 Å². The molecule has 1 amide bonds. The van der Waals surface area contributed by atoms with E-state index in [2.05, 4.69) is 10.2 Å². The Labute approximate surface area is 176 Å². The highest BCUT2D eigenvalue weighted by molar-refractivity contribution is 6.30. The first kappa shape index (κ1) is 20.0. The lowest BCUT2D eigenvalue weighted by molar-refractivity contribution is -0.121. The van der Waals surface area contributed by atoms with E-state index in [0.29, 0.717) is 11.6 Å². The Morgan fingerprint density at radius 3 is 2.72 bits per heavy atom. The molecule has 29 heavy (non-hydrogen) atoms. The lowest BCUT2D eigenvalue weighted by Gasteiger charge is -2.25. The molecule has 1 atom stereocenters. The summed E-state index contributed by atoms with van der Waals surface area (Å²) < 4.78 is 11.0. The highest BCUT2D eigenvalue weighted by Crippen LogP contribution is 2.33. The molecule has 2 aromatic carbocycles. The maximum atomic E-state index is 13.0. The molecule has 0 spiro atoms. The quantitative estimate of drug-likeness (QED) is 0.749. The Morgan fingerprint density at radius 2 is 2.00 bits per heavy atom. The minimum absolute atomic E-state index is 0.0232. The van der Waals surface area contributed by atoms with Gasteiger partial charge in [-0.15, -0.1) is 0 Å². The van der Waals surface area contributed by atoms with Gasteiger partial charge in [-0.2, -0.15) is 0 Å². The number of hydrogen-bond donors (Lipinski definition) is 1. The maximum absolute atomic E-state index is 13.0. The first-order valence-electron chi connectivity index (χ1n) is 10.2. The smallest absolute Gasteiger partial charge is 0.225 e. The molecule has 2 aliphatic heterocycles. The van der Waals surface area contributed by atoms with Crippen LogP contribution in [-0.2, 0) is 17.6 Å². The van der Waals surface area contributed by atoms with Gasteiger partial charge in [-0.3, -0.25) is 4.79 Å². The van der Waals surface area contributed by atoms with Gasteiger partial charge in [-0.05, 0) is 61.3 Å². The second kappa shape index (κ2) is 9.06. The molecule has 1 fully saturated rings. The molecule has 1 unspecified atom stereocenters. The molecule has 2 aliphatic rings. The van der Waals surface area contributed by atoms with Gasteiger partial charge in [0.05, 0.1) is 26.2 Å². The second-order valence-electron chi connectivity index (χ2n) is 7.73. The summed E-state index contributed by atoms with van der Waals surface area (Å²) in [5, 5.41) is 3.89. The Hall–Kier alpha value is -2.24. The summed E-state index contributed by atoms with van der Waals surface area (Å²) in [6.07, 6.45) is 3.54. The molecule has 0 bridgehead atoms. The number of carbonyl (C=O) groups is 1. The van der Waals surface area contributed by atoms with Gasteiger partial charge in [-0.1, -0.05) is 23.7 Å². The van der Waals surface area contributed by atoms with Gasteiger partial charge in [0.1, 0.15) is 11.5 Å². The number of methoxy groups -OCH3 is 1. The maximum Gasteiger partial charge on any atom is 0.225 e. The number of nitrogens with one attached hydrogen (secondary N) is 1. The van der Waals surface area contributed by atoms with Gasteiger partial charge in [0.2, 0.25) is 5.91 Å². The molecule has 154 valence electrons. The average molecular weight is 415 g/mol. The van der Waals surface area contributed by atoms with Crippen LogP contribution in [0.2, 0.25) is 5.02 Å². The fourth-order valence-electron chi connectivity index (χ4n) is 4.19. The predicted molar refractivity (Wildman–Crippen MR) is 114 cm³/mol. The van der Waals surface area contributed by atoms with Crippen LogP contribution in [0.4, 0.5) is 0 Å². The molecule has 0 aromatic heterocycles. The molecule has 0 aliphatic carbocycles. The van der Waals surface area contributed by atoms with E-state index in [0.717, 1.165) is 54.2 Å². The van der Waals surface area contributed by atoms with Crippen molar-refractivity contribution >= 4 is 17.5 Å². The zero-order chi connectivity index (χ0) is 20.2. The number of fused-ring (bicyclic) bond motifs is 1. The standard InChI is InChI=1S/C23H27ClN2O3/c1-28-20-6-4-16(5-7-20)21(15-26-9-2-3-10-26)25-22(27)14-18-13-19(24)12-17-8-11-29-23(17)18/h4-7,12-13,21H,2-3,8-11,14-15H2,1H3,(H,25,27). The van der Waals surface area contributed by atoms with E-state index in [1.165, 1.54) is 12.8 Å². The summed E-state index contributed by atoms with van der Waals surface area (Å²) in [4.78, 5) is 15.4. The van der Waals surface area contributed by atoms with E-state index in [9.17, 15) is 4.79 Å². The predicted octanol–water partition coefficient (Wildman–Crippen LogP) is 3.78. The minimum atomic E-state index is -0.0698. The van der Waals surface area contributed by atoms with E-state index >= 15 is 0 Å². The molecule has 5 nitrogen and oxygen atoms in total. The topological polar surface area (TPSA) is 50.8 Å². The number of amides is 1. The summed E-state index contributed by atoms with van der Waals surface area (Å²) in [5.74, 6) is 1.61. The molecular formula is C23H27ClN2O3. The summed E-state index contributed by atoms with van der Waals surface area (Å²) in [6, 6.07) is 11.6. The number of rotatable bonds is 7. The van der Waals surface area contributed by atoms with Crippen molar-refractivity contribution in [3.8, 4) is 11.5 Å². The number of halogens is 1. The van der Waals surface area contributed by atoms with Gasteiger partial charge in [-0.25, -0.2) is 0 Å². The fraction of sp³-hybridized carbons (Fsp3) is 0.435. The molecule has 2 aromatic rings. The normalized spacial score (nSPS) is 16.9. The van der Waals surface area contributed by atoms with Crippen LogP contribution in [0.5, 0.6) is 11.5 Å². The Kier molecular flexibility index (Phi) is 6.26. The minimum Gasteiger partial charge on any atom is -0.497 e. The van der Waals surface area contributed by atoms with Crippen LogP contribution in [0.15, 0.2) is 36.4 Å². The molecule has 4 rings (SSSR count). The van der Waals surface area contributed by atoms with Gasteiger partial charge in [0.25, 0.3) is 0 Å². The summed E-state index contributed by atoms with van der Waals surface area (Å²) in [7, 11) is 1.66. The van der Waals surface area contributed by atoms with Crippen LogP contribution in [0, 0.1) is 0 Å². The SMILES string of the molecule is COc1ccc(C(CN2CCCC2)NC(=O)Cc2cc(Cl)cc3c2OCC3)cc1. The number of likely N-dealkylation sites (tertiary alicyclic amines) is 1. The van der Waals surface area contributed by atoms with Crippen LogP contribution in [0.25, 0.3) is 0 Å². The van der Waals surface area contributed by atoms with Gasteiger partial charge < -0.3 is 19.7 Å². The fourth-order valence-corrected chi connectivity index (χ4v) is 4.45. The first-order valence-corrected chi connectivity index (χ1v) is 10.6. The van der Waals surface area contributed by atoms with Crippen molar-refractivity contribution < 1.29 is 14.3 Å². The van der Waals surface area contributed by atoms with E-state index in [1.54, 1.807) is 7.11 Å². The van der Waals surface area contributed by atoms with Gasteiger partial charge >= 0.3 is 0 Å². The largest absolute Gasteiger partial charge is 0.497 e. The van der Waals surface area contributed by atoms with E-state index in [1.807, 2.05) is 36.4 Å². The molecule has 1 N–H and O–H groups in total. The average Bonchev–Trinajstić information content (AvgIpc) is 3.39. The number of hydrogen-bond acceptors (Lipinski definition) is 4. The zero-order valence-corrected chi connectivity index (χ0v) is 17.5. The van der Waals surface area contributed by atoms with Crippen LogP contribution >= 0.6 is 11.6 Å². The van der Waals surface area contributed by atoms with Gasteiger partial charge in [0, 0.05) is 23.6 Å². The van der Waals surface area contributed by atoms with Crippen LogP contribution < -0.4 is 14.8 Å². The van der Waals surface area contributed by atoms with Crippen molar-refractivity contribution in [1.82, 2.24) is 10.2 Å². The van der Waals surface area contributed by atoms with Crippen LogP contribution in [-0.4, -0.2) is 44.2 Å². The zero-order valence-electron chi connectivity index (χ0n) is 16.7.